The number of thioether (sulfide) groups is 1. The minimum Gasteiger partial charge on any atom is -0.130 e. The van der Waals surface area contributed by atoms with E-state index in [0.29, 0.717) is 0 Å². The molecule has 0 aliphatic carbocycles. The summed E-state index contributed by atoms with van der Waals surface area (Å²) in [6.07, 6.45) is 2.10. The maximum absolute atomic E-state index is 2.25. The summed E-state index contributed by atoms with van der Waals surface area (Å²) in [6.45, 7) is 0. The molecule has 1 heteroatoms. The molecule has 0 unspecified atom stereocenters. The first kappa shape index (κ1) is 13.0. The first-order valence-corrected chi connectivity index (χ1v) is 7.89. The molecule has 0 amide bonds. The van der Waals surface area contributed by atoms with E-state index in [9.17, 15) is 0 Å². The molecule has 3 rings (SSSR count). The molecule has 3 aromatic rings. The van der Waals surface area contributed by atoms with Crippen LogP contribution in [0.25, 0.3) is 22.3 Å². The molecule has 0 nitrogen and oxygen atoms in total. The number of rotatable bonds is 3. The third kappa shape index (κ3) is 2.78. The van der Waals surface area contributed by atoms with Crippen molar-refractivity contribution in [3.8, 4) is 22.3 Å². The lowest BCUT2D eigenvalue weighted by atomic mass is 9.99. The van der Waals surface area contributed by atoms with Gasteiger partial charge in [0, 0.05) is 4.90 Å². The van der Waals surface area contributed by atoms with Gasteiger partial charge in [0.1, 0.15) is 0 Å². The Morgan fingerprint density at radius 1 is 0.550 bits per heavy atom. The molecule has 0 aromatic heterocycles. The van der Waals surface area contributed by atoms with Crippen molar-refractivity contribution in [2.45, 2.75) is 4.90 Å². The van der Waals surface area contributed by atoms with E-state index in [1.54, 1.807) is 11.8 Å². The van der Waals surface area contributed by atoms with E-state index < -0.39 is 0 Å². The van der Waals surface area contributed by atoms with E-state index >= 15 is 0 Å². The van der Waals surface area contributed by atoms with Crippen molar-refractivity contribution in [1.82, 2.24) is 0 Å². The van der Waals surface area contributed by atoms with Crippen molar-refractivity contribution in [2.24, 2.45) is 0 Å². The van der Waals surface area contributed by atoms with Crippen LogP contribution < -0.4 is 0 Å². The molecule has 3 aromatic carbocycles. The van der Waals surface area contributed by atoms with Crippen LogP contribution in [0, 0.1) is 0 Å². The van der Waals surface area contributed by atoms with Gasteiger partial charge in [-0.05, 0) is 46.7 Å². The van der Waals surface area contributed by atoms with Gasteiger partial charge in [0.05, 0.1) is 0 Å². The fourth-order valence-electron chi connectivity index (χ4n) is 2.29. The molecule has 20 heavy (non-hydrogen) atoms. The average Bonchev–Trinajstić information content (AvgIpc) is 2.56. The monoisotopic (exact) mass is 276 g/mol. The third-order valence-electron chi connectivity index (χ3n) is 3.39. The molecule has 0 atom stereocenters. The summed E-state index contributed by atoms with van der Waals surface area (Å²) in [5.74, 6) is 0. The molecular weight excluding hydrogens is 260 g/mol. The summed E-state index contributed by atoms with van der Waals surface area (Å²) in [7, 11) is 0. The smallest absolute Gasteiger partial charge is 0.00695 e. The zero-order valence-electron chi connectivity index (χ0n) is 11.4. The summed E-state index contributed by atoms with van der Waals surface area (Å²) in [5, 5.41) is 0. The Hall–Kier alpha value is -1.99. The Morgan fingerprint density at radius 2 is 1.10 bits per heavy atom. The lowest BCUT2D eigenvalue weighted by Crippen LogP contribution is -1.81. The molecular formula is C19H16S. The van der Waals surface area contributed by atoms with E-state index in [2.05, 4.69) is 85.1 Å². The van der Waals surface area contributed by atoms with Crippen LogP contribution in [0.15, 0.2) is 83.8 Å². The zero-order chi connectivity index (χ0) is 13.8. The quantitative estimate of drug-likeness (QED) is 0.549. The second-order valence-electron chi connectivity index (χ2n) is 4.68. The molecule has 0 spiro atoms. The van der Waals surface area contributed by atoms with Crippen molar-refractivity contribution in [1.29, 1.82) is 0 Å². The van der Waals surface area contributed by atoms with Gasteiger partial charge in [0.15, 0.2) is 0 Å². The van der Waals surface area contributed by atoms with E-state index in [1.807, 2.05) is 0 Å². The summed E-state index contributed by atoms with van der Waals surface area (Å²) in [5.41, 5.74) is 5.05. The van der Waals surface area contributed by atoms with Crippen molar-refractivity contribution >= 4 is 11.8 Å². The Kier molecular flexibility index (Phi) is 3.89. The van der Waals surface area contributed by atoms with Crippen LogP contribution in [0.3, 0.4) is 0 Å². The summed E-state index contributed by atoms with van der Waals surface area (Å²) < 4.78 is 0. The maximum Gasteiger partial charge on any atom is 0.00695 e. The SMILES string of the molecule is CSc1ccc(-c2cccc(-c3ccccc3)c2)cc1. The molecule has 0 aliphatic heterocycles. The normalized spacial score (nSPS) is 10.4. The van der Waals surface area contributed by atoms with Gasteiger partial charge in [-0.25, -0.2) is 0 Å². The fraction of sp³-hybridized carbons (Fsp3) is 0.0526. The highest BCUT2D eigenvalue weighted by molar-refractivity contribution is 7.98. The lowest BCUT2D eigenvalue weighted by Gasteiger charge is -2.06. The van der Waals surface area contributed by atoms with Crippen LogP contribution in [0.2, 0.25) is 0 Å². The molecule has 0 fully saturated rings. The molecule has 0 saturated carbocycles. The number of hydrogen-bond donors (Lipinski definition) is 0. The predicted molar refractivity (Wildman–Crippen MR) is 89.1 cm³/mol. The molecule has 0 aliphatic rings. The number of hydrogen-bond acceptors (Lipinski definition) is 1. The minimum absolute atomic E-state index is 1.26. The van der Waals surface area contributed by atoms with Crippen LogP contribution in [-0.2, 0) is 0 Å². The summed E-state index contributed by atoms with van der Waals surface area (Å²) >= 11 is 1.77. The minimum atomic E-state index is 1.26. The summed E-state index contributed by atoms with van der Waals surface area (Å²) in [6, 6.07) is 27.9. The van der Waals surface area contributed by atoms with Gasteiger partial charge in [0.2, 0.25) is 0 Å². The van der Waals surface area contributed by atoms with E-state index in [1.165, 1.54) is 27.1 Å². The Balaban J connectivity index is 1.98. The van der Waals surface area contributed by atoms with Crippen LogP contribution in [-0.4, -0.2) is 6.26 Å². The van der Waals surface area contributed by atoms with Crippen molar-refractivity contribution < 1.29 is 0 Å². The van der Waals surface area contributed by atoms with Gasteiger partial charge < -0.3 is 0 Å². The second-order valence-corrected chi connectivity index (χ2v) is 5.55. The van der Waals surface area contributed by atoms with Crippen LogP contribution in [0.4, 0.5) is 0 Å². The molecule has 0 heterocycles. The zero-order valence-corrected chi connectivity index (χ0v) is 12.2. The number of benzene rings is 3. The van der Waals surface area contributed by atoms with E-state index in [-0.39, 0.29) is 0 Å². The third-order valence-corrected chi connectivity index (χ3v) is 4.14. The molecule has 0 bridgehead atoms. The van der Waals surface area contributed by atoms with Gasteiger partial charge in [-0.3, -0.25) is 0 Å². The van der Waals surface area contributed by atoms with Crippen LogP contribution >= 0.6 is 11.8 Å². The highest BCUT2D eigenvalue weighted by Gasteiger charge is 2.01. The van der Waals surface area contributed by atoms with Crippen LogP contribution in [0.1, 0.15) is 0 Å². The molecule has 98 valence electrons. The first-order valence-electron chi connectivity index (χ1n) is 6.67. The van der Waals surface area contributed by atoms with E-state index in [0.717, 1.165) is 0 Å². The van der Waals surface area contributed by atoms with Crippen molar-refractivity contribution in [3.05, 3.63) is 78.9 Å². The van der Waals surface area contributed by atoms with Gasteiger partial charge in [0.25, 0.3) is 0 Å². The fourth-order valence-corrected chi connectivity index (χ4v) is 2.70. The topological polar surface area (TPSA) is 0 Å². The average molecular weight is 276 g/mol. The largest absolute Gasteiger partial charge is 0.130 e. The van der Waals surface area contributed by atoms with Crippen molar-refractivity contribution in [2.75, 3.05) is 6.26 Å². The first-order chi connectivity index (χ1) is 9.86. The van der Waals surface area contributed by atoms with Gasteiger partial charge in [-0.1, -0.05) is 60.7 Å². The Bertz CT molecular complexity index is 684. The molecule has 0 N–H and O–H groups in total. The van der Waals surface area contributed by atoms with Gasteiger partial charge >= 0.3 is 0 Å². The van der Waals surface area contributed by atoms with Gasteiger partial charge in [-0.2, -0.15) is 0 Å². The Labute approximate surface area is 124 Å². The van der Waals surface area contributed by atoms with Crippen molar-refractivity contribution in [3.63, 3.8) is 0 Å². The summed E-state index contributed by atoms with van der Waals surface area (Å²) in [4.78, 5) is 1.30. The Morgan fingerprint density at radius 3 is 1.70 bits per heavy atom. The maximum atomic E-state index is 2.25. The molecule has 0 saturated heterocycles. The highest BCUT2D eigenvalue weighted by Crippen LogP contribution is 2.27. The molecule has 0 radical (unpaired) electrons. The standard InChI is InChI=1S/C19H16S/c1-20-19-12-10-16(11-13-19)18-9-5-8-17(14-18)15-6-3-2-4-7-15/h2-14H,1H3. The van der Waals surface area contributed by atoms with Gasteiger partial charge in [-0.15, -0.1) is 11.8 Å². The highest BCUT2D eigenvalue weighted by atomic mass is 32.2. The van der Waals surface area contributed by atoms with E-state index in [4.69, 9.17) is 0 Å². The lowest BCUT2D eigenvalue weighted by molar-refractivity contribution is 1.46. The predicted octanol–water partition coefficient (Wildman–Crippen LogP) is 5.74. The second kappa shape index (κ2) is 5.98. The van der Waals surface area contributed by atoms with Crippen LogP contribution in [0.5, 0.6) is 0 Å².